The Morgan fingerprint density at radius 1 is 0.379 bits per heavy atom. The summed E-state index contributed by atoms with van der Waals surface area (Å²) >= 11 is 0. The molecule has 3 rings (SSSR count). The first kappa shape index (κ1) is 102. The Labute approximate surface area is 682 Å². The third kappa shape index (κ3) is 41.8. The fourth-order valence-electron chi connectivity index (χ4n) is 14.0. The van der Waals surface area contributed by atoms with Gasteiger partial charge in [0.05, 0.1) is 31.0 Å². The lowest BCUT2D eigenvalue weighted by molar-refractivity contribution is -0.262. The zero-order chi connectivity index (χ0) is 86.2. The van der Waals surface area contributed by atoms with Crippen molar-refractivity contribution in [3.05, 3.63) is 0 Å². The number of hydrogen-bond acceptors (Lipinski definition) is 28. The van der Waals surface area contributed by atoms with Gasteiger partial charge in [0.15, 0.2) is 25.0 Å². The number of ether oxygens (including phenoxy) is 13. The molecule has 0 aromatic carbocycles. The Morgan fingerprint density at radius 2 is 0.698 bits per heavy atom. The van der Waals surface area contributed by atoms with E-state index in [0.29, 0.717) is 70.6 Å². The van der Waals surface area contributed by atoms with E-state index in [1.165, 1.54) is 67.2 Å². The van der Waals surface area contributed by atoms with Gasteiger partial charge in [0.1, 0.15) is 56.4 Å². The minimum atomic E-state index is -1.24. The molecule has 6 N–H and O–H groups in total. The minimum absolute atomic E-state index is 0.0843. The van der Waals surface area contributed by atoms with E-state index in [4.69, 9.17) is 61.6 Å². The lowest BCUT2D eigenvalue weighted by Crippen LogP contribution is -2.62. The van der Waals surface area contributed by atoms with Crippen molar-refractivity contribution in [2.24, 2.45) is 17.8 Å². The van der Waals surface area contributed by atoms with Gasteiger partial charge in [-0.15, -0.1) is 0 Å². The Morgan fingerprint density at radius 3 is 1.03 bits per heavy atom. The molecular formula is C80H133N7O29. The van der Waals surface area contributed by atoms with Crippen molar-refractivity contribution in [2.75, 3.05) is 78.9 Å². The molecule has 0 radical (unpaired) electrons. The van der Waals surface area contributed by atoms with Gasteiger partial charge >= 0.3 is 47.8 Å². The molecule has 3 saturated heterocycles. The summed E-state index contributed by atoms with van der Waals surface area (Å²) in [6, 6.07) is -2.03. The maximum atomic E-state index is 14.3. The van der Waals surface area contributed by atoms with Gasteiger partial charge in [-0.1, -0.05) is 85.5 Å². The van der Waals surface area contributed by atoms with Gasteiger partial charge < -0.3 is 103 Å². The summed E-state index contributed by atoms with van der Waals surface area (Å²) < 4.78 is 74.5. The lowest BCUT2D eigenvalue weighted by atomic mass is 9.88. The summed E-state index contributed by atoms with van der Waals surface area (Å²) in [5.41, 5.74) is 0. The van der Waals surface area contributed by atoms with Crippen LogP contribution >= 0.6 is 0 Å². The first-order valence-corrected chi connectivity index (χ1v) is 41.2. The Hall–Kier alpha value is -8.19. The predicted octanol–water partition coefficient (Wildman–Crippen LogP) is 5.39. The average Bonchev–Trinajstić information content (AvgIpc) is 0.807. The number of nitrogens with zero attached hydrogens (tertiary/aromatic N) is 2. The molecule has 3 heterocycles. The van der Waals surface area contributed by atoms with E-state index < -0.39 is 164 Å². The van der Waals surface area contributed by atoms with Crippen molar-refractivity contribution in [2.45, 2.75) is 324 Å². The largest absolute Gasteiger partial charge is 0.481 e. The molecule has 0 aromatic heterocycles. The summed E-state index contributed by atoms with van der Waals surface area (Å²) in [6.45, 7) is 20.0. The standard InChI is InChI=1S/C80H133N7O29/c1-14-62(113-70(102)37-36-69(100)101)77(103)87(41-31-39-82-67(98)34-25-19-16-22-28-45-105-79-72(84-54(6)89)51(3)75(111-60(12)95)64(115-79)48-108-57(9)92)43-32-42-86(68(99)35-26-20-17-23-29-46-106-80-73(85-55(7)90)52(4)76(112-61(13)96)65(116-80)49-109-58(10)93)40-30-38-81-66(97)33-24-18-15-21-27-44-104-78-71(83-53(5)88)50(2)74(110-59(11)94)63(114-78)47-107-56(8)91/h50-52,62-65,71-76,78-80H,14-49H2,1-13H3,(H,81,97)(H,82,98)(H,83,88)(H,84,89)(H,85,90)(H,100,101)/t50-,51-,52-,62?,63?,64?,65?,71?,72?,73?,74-,75-,76-,78-,79-,80-/m1/s1. The van der Waals surface area contributed by atoms with Gasteiger partial charge in [-0.3, -0.25) is 71.9 Å². The molecule has 3 fully saturated rings. The number of carbonyl (C=O) groups excluding carboxylic acids is 14. The van der Waals surface area contributed by atoms with Crippen molar-refractivity contribution in [1.82, 2.24) is 36.4 Å². The zero-order valence-corrected chi connectivity index (χ0v) is 70.5. The Bertz CT molecular complexity index is 3080. The van der Waals surface area contributed by atoms with Gasteiger partial charge in [0, 0.05) is 158 Å². The molecule has 7 amide bonds. The fraction of sp³-hybridized carbons (Fsp3) is 0.812. The third-order valence-electron chi connectivity index (χ3n) is 19.8. The van der Waals surface area contributed by atoms with Crippen LogP contribution in [-0.2, 0) is 133 Å². The lowest BCUT2D eigenvalue weighted by Gasteiger charge is -2.44. The van der Waals surface area contributed by atoms with Gasteiger partial charge in [-0.25, -0.2) is 0 Å². The van der Waals surface area contributed by atoms with E-state index in [0.717, 1.165) is 44.9 Å². The van der Waals surface area contributed by atoms with E-state index in [1.807, 2.05) is 0 Å². The van der Waals surface area contributed by atoms with Crippen LogP contribution in [0.2, 0.25) is 0 Å². The Balaban J connectivity index is 1.63. The van der Waals surface area contributed by atoms with Crippen molar-refractivity contribution in [3.8, 4) is 0 Å². The Kier molecular flexibility index (Phi) is 50.1. The van der Waals surface area contributed by atoms with E-state index in [9.17, 15) is 77.0 Å². The SMILES string of the molecule is CCC(OC(=O)CCC(=O)O)C(=O)N(CCCNC(=O)CCCCCCCO[C@@H]1OC(COC(C)=O)[C@H](OC(C)=O)[C@H](C)C1NC(C)=O)CCCN(CCCNC(=O)CCCCCCCO[C@@H]1OC(COC(C)=O)[C@H](OC(C)=O)[C@H](C)C1NC(C)=O)C(=O)CCCCCCCO[C@@H]1OC(COC(C)=O)[C@H](OC(C)=O)[C@H](C)C1NC(C)=O. The number of carboxylic acid groups (broad SMARTS) is 1. The molecule has 36 heteroatoms. The summed E-state index contributed by atoms with van der Waals surface area (Å²) in [7, 11) is 0. The van der Waals surface area contributed by atoms with Crippen LogP contribution in [0, 0.1) is 17.8 Å². The maximum absolute atomic E-state index is 14.3. The number of aliphatic carboxylic acids is 1. The smallest absolute Gasteiger partial charge is 0.307 e. The summed E-state index contributed by atoms with van der Waals surface area (Å²) in [4.78, 5) is 190. The quantitative estimate of drug-likeness (QED) is 0.0253. The van der Waals surface area contributed by atoms with Crippen LogP contribution in [0.1, 0.15) is 244 Å². The zero-order valence-electron chi connectivity index (χ0n) is 70.5. The van der Waals surface area contributed by atoms with Crippen LogP contribution in [0.3, 0.4) is 0 Å². The molecule has 0 aromatic rings. The topological polar surface area (TPSA) is 463 Å². The highest BCUT2D eigenvalue weighted by Crippen LogP contribution is 2.34. The van der Waals surface area contributed by atoms with Crippen LogP contribution in [0.25, 0.3) is 0 Å². The van der Waals surface area contributed by atoms with Crippen molar-refractivity contribution < 1.29 is 139 Å². The fourth-order valence-corrected chi connectivity index (χ4v) is 14.0. The van der Waals surface area contributed by atoms with E-state index >= 15 is 0 Å². The van der Waals surface area contributed by atoms with Gasteiger partial charge in [0.2, 0.25) is 35.4 Å². The second-order valence-electron chi connectivity index (χ2n) is 29.9. The second kappa shape index (κ2) is 57.0. The third-order valence-corrected chi connectivity index (χ3v) is 19.8. The van der Waals surface area contributed by atoms with Crippen LogP contribution in [0.4, 0.5) is 0 Å². The van der Waals surface area contributed by atoms with E-state index in [1.54, 1.807) is 32.6 Å². The molecule has 3 aliphatic heterocycles. The molecule has 0 saturated carbocycles. The summed E-state index contributed by atoms with van der Waals surface area (Å²) in [6.07, 6.45) is 2.11. The second-order valence-corrected chi connectivity index (χ2v) is 29.9. The highest BCUT2D eigenvalue weighted by Gasteiger charge is 2.50. The number of amides is 7. The number of unbranched alkanes of at least 4 members (excludes halogenated alkanes) is 12. The minimum Gasteiger partial charge on any atom is -0.481 e. The normalized spacial score (nSPS) is 23.2. The van der Waals surface area contributed by atoms with Crippen molar-refractivity contribution >= 4 is 89.1 Å². The van der Waals surface area contributed by atoms with Crippen molar-refractivity contribution in [1.29, 1.82) is 0 Å². The van der Waals surface area contributed by atoms with Gasteiger partial charge in [-0.05, 0) is 64.2 Å². The molecule has 3 aliphatic rings. The van der Waals surface area contributed by atoms with Crippen LogP contribution in [0.5, 0.6) is 0 Å². The van der Waals surface area contributed by atoms with Crippen molar-refractivity contribution in [3.63, 3.8) is 0 Å². The molecule has 0 bridgehead atoms. The molecule has 116 heavy (non-hydrogen) atoms. The number of carboxylic acids is 1. The highest BCUT2D eigenvalue weighted by atomic mass is 16.7. The molecule has 36 nitrogen and oxygen atoms in total. The highest BCUT2D eigenvalue weighted by molar-refractivity contribution is 5.85. The van der Waals surface area contributed by atoms with E-state index in [-0.39, 0.29) is 140 Å². The van der Waals surface area contributed by atoms with Crippen LogP contribution < -0.4 is 26.6 Å². The number of carbonyl (C=O) groups is 15. The first-order valence-electron chi connectivity index (χ1n) is 41.2. The molecule has 0 spiro atoms. The first-order chi connectivity index (χ1) is 55.1. The number of hydrogen-bond donors (Lipinski definition) is 6. The molecule has 0 aliphatic carbocycles. The molecule has 16 atom stereocenters. The van der Waals surface area contributed by atoms with Crippen LogP contribution in [-0.4, -0.2) is 263 Å². The van der Waals surface area contributed by atoms with Gasteiger partial charge in [-0.2, -0.15) is 0 Å². The van der Waals surface area contributed by atoms with Gasteiger partial charge in [0.25, 0.3) is 5.91 Å². The number of rotatable bonds is 57. The number of nitrogens with one attached hydrogen (secondary N) is 5. The molecule has 7 unspecified atom stereocenters. The average molecular weight is 1660 g/mol. The molecular weight excluding hydrogens is 1520 g/mol. The van der Waals surface area contributed by atoms with Crippen LogP contribution in [0.15, 0.2) is 0 Å². The maximum Gasteiger partial charge on any atom is 0.307 e. The number of esters is 7. The summed E-state index contributed by atoms with van der Waals surface area (Å²) in [5, 5.41) is 23.7. The summed E-state index contributed by atoms with van der Waals surface area (Å²) in [5.74, 6) is -8.84. The van der Waals surface area contributed by atoms with E-state index in [2.05, 4.69) is 26.6 Å². The monoisotopic (exact) mass is 1660 g/mol. The molecule has 662 valence electrons. The predicted molar refractivity (Wildman–Crippen MR) is 414 cm³/mol.